The molecule has 0 N–H and O–H groups in total. The van der Waals surface area contributed by atoms with Gasteiger partial charge in [-0.15, -0.1) is 11.3 Å². The summed E-state index contributed by atoms with van der Waals surface area (Å²) in [5.74, 6) is -1.65. The average molecular weight is 657 g/mol. The Morgan fingerprint density at radius 3 is 2.79 bits per heavy atom. The number of hydrogen-bond donors (Lipinski definition) is 0. The number of halogens is 2. The number of rotatable bonds is 8. The SMILES string of the molecule is C=CC(=O)N1CCn2nc(-c3nc(-c4cnc5c(c4)CN(C)CC5)c4ccsc4c3-c3c(F)cc(F)cc3OCCOC)cc2[C@@H]1C. The maximum absolute atomic E-state index is 16.1. The van der Waals surface area contributed by atoms with Crippen molar-refractivity contribution in [1.29, 1.82) is 0 Å². The lowest BCUT2D eigenvalue weighted by Gasteiger charge is -2.33. The number of pyridine rings is 2. The number of aromatic nitrogens is 4. The van der Waals surface area contributed by atoms with E-state index in [9.17, 15) is 9.18 Å². The fraction of sp³-hybridized carbons (Fsp3) is 0.314. The molecule has 2 aliphatic rings. The van der Waals surface area contributed by atoms with Gasteiger partial charge in [0.2, 0.25) is 5.91 Å². The molecule has 1 atom stereocenters. The molecule has 6 heterocycles. The molecule has 47 heavy (non-hydrogen) atoms. The summed E-state index contributed by atoms with van der Waals surface area (Å²) in [6, 6.07) is 7.77. The van der Waals surface area contributed by atoms with Crippen LogP contribution in [-0.4, -0.2) is 75.9 Å². The van der Waals surface area contributed by atoms with E-state index in [0.29, 0.717) is 35.7 Å². The molecule has 0 saturated heterocycles. The third-order valence-corrected chi connectivity index (χ3v) is 9.82. The Morgan fingerprint density at radius 2 is 1.98 bits per heavy atom. The van der Waals surface area contributed by atoms with Crippen LogP contribution in [0.1, 0.15) is 29.9 Å². The molecule has 12 heteroatoms. The van der Waals surface area contributed by atoms with Gasteiger partial charge in [-0.05, 0) is 49.2 Å². The van der Waals surface area contributed by atoms with Gasteiger partial charge in [-0.3, -0.25) is 14.5 Å². The number of amides is 1. The van der Waals surface area contributed by atoms with Crippen LogP contribution in [0.5, 0.6) is 5.75 Å². The number of methoxy groups -OCH3 is 1. The molecule has 0 spiro atoms. The molecule has 1 amide bonds. The normalized spacial score (nSPS) is 16.3. The fourth-order valence-electron chi connectivity index (χ4n) is 6.54. The number of nitrogens with zero attached hydrogens (tertiary/aromatic N) is 6. The summed E-state index contributed by atoms with van der Waals surface area (Å²) < 4.78 is 44.4. The van der Waals surface area contributed by atoms with Crippen LogP contribution in [0.25, 0.3) is 43.9 Å². The van der Waals surface area contributed by atoms with E-state index >= 15 is 4.39 Å². The van der Waals surface area contributed by atoms with Gasteiger partial charge in [0, 0.05) is 78.4 Å². The Balaban J connectivity index is 1.48. The van der Waals surface area contributed by atoms with Crippen molar-refractivity contribution < 1.29 is 23.0 Å². The van der Waals surface area contributed by atoms with E-state index in [0.717, 1.165) is 58.2 Å². The summed E-state index contributed by atoms with van der Waals surface area (Å²) in [5.41, 5.74) is 6.03. The van der Waals surface area contributed by atoms with E-state index in [1.54, 1.807) is 4.90 Å². The van der Waals surface area contributed by atoms with Crippen molar-refractivity contribution in [3.8, 4) is 39.5 Å². The zero-order valence-electron chi connectivity index (χ0n) is 26.4. The van der Waals surface area contributed by atoms with Gasteiger partial charge >= 0.3 is 0 Å². The van der Waals surface area contributed by atoms with Crippen molar-refractivity contribution in [3.63, 3.8) is 0 Å². The van der Waals surface area contributed by atoms with Gasteiger partial charge in [-0.2, -0.15) is 5.10 Å². The van der Waals surface area contributed by atoms with Crippen LogP contribution in [0.4, 0.5) is 8.78 Å². The minimum Gasteiger partial charge on any atom is -0.490 e. The van der Waals surface area contributed by atoms with Crippen LogP contribution >= 0.6 is 11.3 Å². The highest BCUT2D eigenvalue weighted by molar-refractivity contribution is 7.18. The highest BCUT2D eigenvalue weighted by Crippen LogP contribution is 2.47. The Hall–Kier alpha value is -4.52. The third kappa shape index (κ3) is 5.60. The van der Waals surface area contributed by atoms with Gasteiger partial charge in [0.15, 0.2) is 0 Å². The largest absolute Gasteiger partial charge is 0.490 e. The second-order valence-electron chi connectivity index (χ2n) is 11.9. The molecule has 0 radical (unpaired) electrons. The standard InChI is InChI=1S/C35H34F2N6O3S/c1-5-30(44)42-9-10-43-28(20(42)2)17-27(40-43)34-32(31-25(37)15-23(36)16-29(31)46-12-11-45-4)35-24(7-13-47-35)33(39-34)21-14-22-19-41(3)8-6-26(22)38-18-21/h5,7,13-18,20H,1,6,8-12,19H2,2-4H3/t20-/m0/s1. The number of hydrogen-bond acceptors (Lipinski definition) is 8. The van der Waals surface area contributed by atoms with Crippen LogP contribution in [0.3, 0.4) is 0 Å². The van der Waals surface area contributed by atoms with Crippen LogP contribution < -0.4 is 4.74 Å². The summed E-state index contributed by atoms with van der Waals surface area (Å²) in [7, 11) is 3.62. The molecular weight excluding hydrogens is 622 g/mol. The lowest BCUT2D eigenvalue weighted by molar-refractivity contribution is -0.129. The molecule has 4 aromatic heterocycles. The maximum Gasteiger partial charge on any atom is 0.246 e. The molecule has 0 fully saturated rings. The number of likely N-dealkylation sites (N-methyl/N-ethyl adjacent to an activating group) is 1. The van der Waals surface area contributed by atoms with Crippen LogP contribution in [0.15, 0.2) is 54.6 Å². The first-order valence-corrected chi connectivity index (χ1v) is 16.4. The molecule has 9 nitrogen and oxygen atoms in total. The predicted molar refractivity (Wildman–Crippen MR) is 177 cm³/mol. The number of benzene rings is 1. The van der Waals surface area contributed by atoms with Crippen molar-refractivity contribution in [2.24, 2.45) is 0 Å². The number of ether oxygens (including phenoxy) is 2. The molecule has 242 valence electrons. The Kier molecular flexibility index (Phi) is 8.33. The van der Waals surface area contributed by atoms with E-state index < -0.39 is 11.6 Å². The Labute approximate surface area is 275 Å². The topological polar surface area (TPSA) is 85.6 Å². The first-order valence-electron chi connectivity index (χ1n) is 15.5. The van der Waals surface area contributed by atoms with Crippen molar-refractivity contribution in [2.45, 2.75) is 32.5 Å². The van der Waals surface area contributed by atoms with Crippen molar-refractivity contribution >= 4 is 27.3 Å². The Morgan fingerprint density at radius 1 is 1.13 bits per heavy atom. The van der Waals surface area contributed by atoms with E-state index in [1.165, 1.54) is 30.6 Å². The maximum atomic E-state index is 16.1. The summed E-state index contributed by atoms with van der Waals surface area (Å²) in [6.07, 6.45) is 4.04. The highest BCUT2D eigenvalue weighted by atomic mass is 32.1. The molecule has 2 aliphatic heterocycles. The first-order chi connectivity index (χ1) is 22.8. The second-order valence-corrected chi connectivity index (χ2v) is 12.8. The third-order valence-electron chi connectivity index (χ3n) is 8.89. The van der Waals surface area contributed by atoms with E-state index in [4.69, 9.17) is 24.5 Å². The quantitative estimate of drug-likeness (QED) is 0.144. The highest BCUT2D eigenvalue weighted by Gasteiger charge is 2.31. The minimum atomic E-state index is -0.776. The van der Waals surface area contributed by atoms with E-state index in [1.807, 2.05) is 35.3 Å². The van der Waals surface area contributed by atoms with Gasteiger partial charge < -0.3 is 19.3 Å². The number of fused-ring (bicyclic) bond motifs is 3. The summed E-state index contributed by atoms with van der Waals surface area (Å²) in [4.78, 5) is 26.7. The van der Waals surface area contributed by atoms with Crippen molar-refractivity contribution in [3.05, 3.63) is 83.1 Å². The van der Waals surface area contributed by atoms with Gasteiger partial charge in [-0.25, -0.2) is 13.8 Å². The van der Waals surface area contributed by atoms with E-state index in [-0.39, 0.29) is 36.5 Å². The smallest absolute Gasteiger partial charge is 0.246 e. The minimum absolute atomic E-state index is 0.0450. The molecule has 7 rings (SSSR count). The van der Waals surface area contributed by atoms with Crippen LogP contribution in [-0.2, 0) is 29.0 Å². The number of thiophene rings is 1. The molecule has 0 bridgehead atoms. The van der Waals surface area contributed by atoms with Crippen LogP contribution in [0.2, 0.25) is 0 Å². The lowest BCUT2D eigenvalue weighted by Crippen LogP contribution is -2.40. The summed E-state index contributed by atoms with van der Waals surface area (Å²) >= 11 is 1.44. The second kappa shape index (κ2) is 12.6. The number of carbonyl (C=O) groups excluding carboxylic acids is 1. The molecule has 0 aliphatic carbocycles. The summed E-state index contributed by atoms with van der Waals surface area (Å²) in [6.45, 7) is 8.60. The fourth-order valence-corrected chi connectivity index (χ4v) is 7.49. The van der Waals surface area contributed by atoms with Crippen molar-refractivity contribution in [1.82, 2.24) is 29.5 Å². The van der Waals surface area contributed by atoms with Gasteiger partial charge in [0.05, 0.1) is 36.1 Å². The van der Waals surface area contributed by atoms with Gasteiger partial charge in [-0.1, -0.05) is 6.58 Å². The van der Waals surface area contributed by atoms with E-state index in [2.05, 4.69) is 24.6 Å². The zero-order valence-corrected chi connectivity index (χ0v) is 27.2. The number of carbonyl (C=O) groups is 1. The predicted octanol–water partition coefficient (Wildman–Crippen LogP) is 6.27. The molecule has 0 unspecified atom stereocenters. The zero-order chi connectivity index (χ0) is 32.8. The lowest BCUT2D eigenvalue weighted by atomic mass is 9.95. The molecule has 1 aromatic carbocycles. The first kappa shape index (κ1) is 31.1. The van der Waals surface area contributed by atoms with Crippen LogP contribution in [0, 0.1) is 11.6 Å². The van der Waals surface area contributed by atoms with Gasteiger partial charge in [0.1, 0.15) is 35.4 Å². The summed E-state index contributed by atoms with van der Waals surface area (Å²) in [5, 5.41) is 7.70. The average Bonchev–Trinajstić information content (AvgIpc) is 3.72. The van der Waals surface area contributed by atoms with Gasteiger partial charge in [0.25, 0.3) is 0 Å². The monoisotopic (exact) mass is 656 g/mol. The molecular formula is C35H34F2N6O3S. The van der Waals surface area contributed by atoms with Crippen molar-refractivity contribution in [2.75, 3.05) is 40.5 Å². The molecule has 0 saturated carbocycles. The Bertz CT molecular complexity index is 2020. The molecule has 5 aromatic rings.